The summed E-state index contributed by atoms with van der Waals surface area (Å²) in [4.78, 5) is 68.7. The van der Waals surface area contributed by atoms with E-state index in [9.17, 15) is 48.7 Å². The molecule has 3 atom stereocenters. The number of Topliss-reactive ketones (excluding diaryl/α,β-unsaturated/α-hetero) is 1. The average molecular weight is 572 g/mol. The summed E-state index contributed by atoms with van der Waals surface area (Å²) >= 11 is 0. The number of hydrogen-bond donors (Lipinski definition) is 5. The number of nitrogens with zero attached hydrogens (tertiary/aromatic N) is 3. The van der Waals surface area contributed by atoms with Crippen LogP contribution < -0.4 is 9.97 Å². The summed E-state index contributed by atoms with van der Waals surface area (Å²) in [5, 5.41) is 41.5. The molecule has 0 saturated carbocycles. The molecular formula is C25H26BFN4O10. The van der Waals surface area contributed by atoms with E-state index in [1.807, 2.05) is 0 Å². The van der Waals surface area contributed by atoms with E-state index >= 15 is 0 Å². The van der Waals surface area contributed by atoms with E-state index in [4.69, 9.17) is 4.65 Å². The Morgan fingerprint density at radius 2 is 2.00 bits per heavy atom. The number of rotatable bonds is 8. The Hall–Kier alpha value is -4.57. The Labute approximate surface area is 232 Å². The first kappa shape index (κ1) is 29.4. The van der Waals surface area contributed by atoms with Gasteiger partial charge in [-0.05, 0) is 25.0 Å². The SMILES string of the molecule is CCN1C[C@H](CO)N(C(=O)NC(C(=O)C[C@H]2Cc3cccc(C(=O)O)c3OB2O)c2ncc(O)cc2F)C(=O)C1=O. The molecule has 2 aliphatic rings. The number of aromatic hydroxyl groups is 1. The number of aromatic carboxylic acids is 1. The fourth-order valence-electron chi connectivity index (χ4n) is 4.84. The largest absolute Gasteiger partial charge is 0.535 e. The number of carbonyl (C=O) groups is 5. The molecule has 1 saturated heterocycles. The first-order chi connectivity index (χ1) is 19.5. The number of fused-ring (bicyclic) bond motifs is 1. The molecule has 1 fully saturated rings. The van der Waals surface area contributed by atoms with Gasteiger partial charge in [0.25, 0.3) is 0 Å². The van der Waals surface area contributed by atoms with Crippen LogP contribution in [0, 0.1) is 5.82 Å². The van der Waals surface area contributed by atoms with Gasteiger partial charge in [-0.25, -0.2) is 18.9 Å². The van der Waals surface area contributed by atoms with Crippen molar-refractivity contribution in [3.8, 4) is 11.5 Å². The molecule has 5 N–H and O–H groups in total. The Morgan fingerprint density at radius 1 is 1.27 bits per heavy atom. The smallest absolute Gasteiger partial charge is 0.526 e. The first-order valence-corrected chi connectivity index (χ1v) is 12.6. The third kappa shape index (κ3) is 5.83. The van der Waals surface area contributed by atoms with Gasteiger partial charge >= 0.3 is 30.9 Å². The number of carboxylic acids is 1. The van der Waals surface area contributed by atoms with Crippen LogP contribution in [0.2, 0.25) is 5.82 Å². The maximum absolute atomic E-state index is 14.9. The van der Waals surface area contributed by atoms with Crippen molar-refractivity contribution in [1.82, 2.24) is 20.1 Å². The Morgan fingerprint density at radius 3 is 2.63 bits per heavy atom. The number of likely N-dealkylation sites (N-methyl/N-ethyl adjacent to an activating group) is 1. The lowest BCUT2D eigenvalue weighted by molar-refractivity contribution is -0.156. The lowest BCUT2D eigenvalue weighted by Gasteiger charge is -2.38. The Bertz CT molecular complexity index is 1410. The molecule has 4 rings (SSSR count). The van der Waals surface area contributed by atoms with Crippen LogP contribution in [0.4, 0.5) is 9.18 Å². The van der Waals surface area contributed by atoms with Crippen LogP contribution in [0.25, 0.3) is 0 Å². The van der Waals surface area contributed by atoms with Crippen LogP contribution in [0.3, 0.4) is 0 Å². The summed E-state index contributed by atoms with van der Waals surface area (Å²) in [6, 6.07) is 0.686. The van der Waals surface area contributed by atoms with Gasteiger partial charge in [-0.15, -0.1) is 0 Å². The monoisotopic (exact) mass is 572 g/mol. The minimum absolute atomic E-state index is 0.00589. The third-order valence-corrected chi connectivity index (χ3v) is 6.93. The van der Waals surface area contributed by atoms with E-state index in [1.54, 1.807) is 13.0 Å². The summed E-state index contributed by atoms with van der Waals surface area (Å²) in [6.07, 6.45) is 0.303. The lowest BCUT2D eigenvalue weighted by atomic mass is 9.64. The third-order valence-electron chi connectivity index (χ3n) is 6.93. The number of benzene rings is 1. The second-order valence-corrected chi connectivity index (χ2v) is 9.54. The molecule has 216 valence electrons. The van der Waals surface area contributed by atoms with Crippen molar-refractivity contribution < 1.29 is 53.4 Å². The normalized spacial score (nSPS) is 19.4. The summed E-state index contributed by atoms with van der Waals surface area (Å²) in [5.41, 5.74) is -0.411. The van der Waals surface area contributed by atoms with E-state index in [1.165, 1.54) is 12.1 Å². The number of imide groups is 1. The van der Waals surface area contributed by atoms with Gasteiger partial charge in [0.1, 0.15) is 23.2 Å². The van der Waals surface area contributed by atoms with Gasteiger partial charge in [-0.3, -0.25) is 19.4 Å². The predicted octanol–water partition coefficient (Wildman–Crippen LogP) is -0.128. The minimum atomic E-state index is -1.85. The standard InChI is InChI=1S/C25H26BFN4O10/c1-2-30-10-14(11-32)31(23(36)22(30)35)25(39)29-20(19-17(27)8-15(33)9-28-19)18(34)7-13-6-12-4-3-5-16(24(37)38)21(12)41-26(13)40/h3-5,8-9,13-14,20,32-33,40H,2,6-7,10-11H2,1H3,(H,29,39)(H,37,38)/t13-,14-,20?/m1/s1. The molecule has 0 spiro atoms. The maximum atomic E-state index is 14.9. The van der Waals surface area contributed by atoms with Crippen molar-refractivity contribution in [1.29, 1.82) is 0 Å². The number of urea groups is 1. The van der Waals surface area contributed by atoms with Crippen LogP contribution in [0.15, 0.2) is 30.5 Å². The van der Waals surface area contributed by atoms with Crippen LogP contribution in [-0.2, 0) is 20.8 Å². The fraction of sp³-hybridized carbons (Fsp3) is 0.360. The highest BCUT2D eigenvalue weighted by Crippen LogP contribution is 2.37. The number of aliphatic hydroxyl groups is 1. The van der Waals surface area contributed by atoms with Gasteiger partial charge in [0.15, 0.2) is 11.6 Å². The second kappa shape index (κ2) is 11.9. The molecule has 2 aliphatic heterocycles. The molecule has 1 aromatic heterocycles. The summed E-state index contributed by atoms with van der Waals surface area (Å²) in [7, 11) is -1.64. The molecular weight excluding hydrogens is 546 g/mol. The molecule has 0 aliphatic carbocycles. The quantitative estimate of drug-likeness (QED) is 0.208. The number of pyridine rings is 1. The van der Waals surface area contributed by atoms with E-state index in [2.05, 4.69) is 10.3 Å². The average Bonchev–Trinajstić information content (AvgIpc) is 2.93. The lowest BCUT2D eigenvalue weighted by Crippen LogP contribution is -2.64. The number of aliphatic hydroxyl groups excluding tert-OH is 1. The van der Waals surface area contributed by atoms with E-state index in [-0.39, 0.29) is 30.8 Å². The molecule has 14 nitrogen and oxygen atoms in total. The molecule has 41 heavy (non-hydrogen) atoms. The molecule has 4 amide bonds. The fourth-order valence-corrected chi connectivity index (χ4v) is 4.84. The molecule has 2 aromatic rings. The molecule has 1 aromatic carbocycles. The maximum Gasteiger partial charge on any atom is 0.526 e. The number of amides is 4. The van der Waals surface area contributed by atoms with E-state index in [0.717, 1.165) is 11.1 Å². The van der Waals surface area contributed by atoms with E-state index < -0.39 is 84.9 Å². The highest BCUT2D eigenvalue weighted by atomic mass is 19.1. The van der Waals surface area contributed by atoms with Gasteiger partial charge in [-0.1, -0.05) is 12.1 Å². The molecule has 1 unspecified atom stereocenters. The number of para-hydroxylation sites is 1. The number of halogens is 1. The van der Waals surface area contributed by atoms with Crippen molar-refractivity contribution in [2.24, 2.45) is 0 Å². The molecule has 0 bridgehead atoms. The van der Waals surface area contributed by atoms with E-state index in [0.29, 0.717) is 16.5 Å². The van der Waals surface area contributed by atoms with Crippen molar-refractivity contribution in [2.75, 3.05) is 19.7 Å². The van der Waals surface area contributed by atoms with Gasteiger partial charge in [0, 0.05) is 31.4 Å². The van der Waals surface area contributed by atoms with Crippen LogP contribution in [0.5, 0.6) is 11.5 Å². The summed E-state index contributed by atoms with van der Waals surface area (Å²) in [6.45, 7) is 0.881. The number of ketones is 1. The summed E-state index contributed by atoms with van der Waals surface area (Å²) < 4.78 is 20.3. The van der Waals surface area contributed by atoms with Crippen molar-refractivity contribution >= 4 is 36.7 Å². The van der Waals surface area contributed by atoms with Gasteiger partial charge in [0.2, 0.25) is 0 Å². The number of hydrogen-bond acceptors (Lipinski definition) is 10. The molecule has 16 heteroatoms. The Balaban J connectivity index is 1.62. The molecule has 0 radical (unpaired) electrons. The highest BCUT2D eigenvalue weighted by Gasteiger charge is 2.44. The van der Waals surface area contributed by atoms with Gasteiger partial charge in [0.05, 0.1) is 24.4 Å². The number of nitrogens with one attached hydrogen (secondary N) is 1. The van der Waals surface area contributed by atoms with Crippen molar-refractivity contribution in [3.05, 3.63) is 53.1 Å². The summed E-state index contributed by atoms with van der Waals surface area (Å²) in [5.74, 6) is -7.19. The zero-order valence-corrected chi connectivity index (χ0v) is 21.7. The number of piperazine rings is 1. The Kier molecular flexibility index (Phi) is 8.53. The predicted molar refractivity (Wildman–Crippen MR) is 136 cm³/mol. The van der Waals surface area contributed by atoms with Crippen LogP contribution in [-0.4, -0.2) is 97.6 Å². The topological polar surface area (TPSA) is 207 Å². The zero-order valence-electron chi connectivity index (χ0n) is 21.7. The number of carboxylic acid groups (broad SMARTS) is 1. The number of aromatic nitrogens is 1. The first-order valence-electron chi connectivity index (χ1n) is 12.6. The minimum Gasteiger partial charge on any atom is -0.535 e. The molecule has 3 heterocycles. The highest BCUT2D eigenvalue weighted by molar-refractivity contribution is 6.47. The second-order valence-electron chi connectivity index (χ2n) is 9.54. The van der Waals surface area contributed by atoms with Crippen molar-refractivity contribution in [3.63, 3.8) is 0 Å². The van der Waals surface area contributed by atoms with Crippen molar-refractivity contribution in [2.45, 2.75) is 37.7 Å². The van der Waals surface area contributed by atoms with Gasteiger partial charge in [-0.2, -0.15) is 0 Å². The number of carbonyl (C=O) groups excluding carboxylic acids is 4. The zero-order chi connectivity index (χ0) is 30.0. The van der Waals surface area contributed by atoms with Gasteiger partial charge < -0.3 is 35.2 Å². The van der Waals surface area contributed by atoms with Crippen LogP contribution in [0.1, 0.15) is 41.0 Å². The van der Waals surface area contributed by atoms with Crippen LogP contribution >= 0.6 is 0 Å².